The van der Waals surface area contributed by atoms with Crippen molar-refractivity contribution in [3.63, 3.8) is 0 Å². The number of ether oxygens (including phenoxy) is 2. The van der Waals surface area contributed by atoms with Crippen LogP contribution in [0.25, 0.3) is 11.1 Å². The van der Waals surface area contributed by atoms with Gasteiger partial charge in [0.1, 0.15) is 11.9 Å². The Morgan fingerprint density at radius 1 is 1.22 bits per heavy atom. The summed E-state index contributed by atoms with van der Waals surface area (Å²) >= 11 is 0. The third-order valence-corrected chi connectivity index (χ3v) is 5.53. The largest absolute Gasteiger partial charge is 0.496 e. The number of rotatable bonds is 5. The molecular weight excluding hydrogens is 338 g/mol. The molecule has 0 bridgehead atoms. The van der Waals surface area contributed by atoms with Crippen molar-refractivity contribution >= 4 is 6.09 Å². The standard InChI is InChI=1S/C23H29NO3/c1-5-6-15-7-9-16(10-8-15)18-13-17-11-12-23(2,3)21(27-22(24)25)19(17)14-20(18)26-4/h7-10,13-14,21H,5-6,11-12H2,1-4H3,(H2,24,25). The van der Waals surface area contributed by atoms with Crippen LogP contribution in [0.1, 0.15) is 56.4 Å². The van der Waals surface area contributed by atoms with Crippen LogP contribution >= 0.6 is 0 Å². The van der Waals surface area contributed by atoms with Crippen LogP contribution in [-0.4, -0.2) is 13.2 Å². The second-order valence-corrected chi connectivity index (χ2v) is 8.00. The number of carbonyl (C=O) groups excluding carboxylic acids is 1. The third-order valence-electron chi connectivity index (χ3n) is 5.53. The number of nitrogens with two attached hydrogens (primary N) is 1. The van der Waals surface area contributed by atoms with Gasteiger partial charge in [0.2, 0.25) is 0 Å². The van der Waals surface area contributed by atoms with Crippen molar-refractivity contribution in [2.75, 3.05) is 7.11 Å². The highest BCUT2D eigenvalue weighted by Crippen LogP contribution is 2.48. The summed E-state index contributed by atoms with van der Waals surface area (Å²) in [5.41, 5.74) is 10.9. The lowest BCUT2D eigenvalue weighted by Gasteiger charge is -2.39. The van der Waals surface area contributed by atoms with Gasteiger partial charge in [-0.05, 0) is 53.6 Å². The number of hydrogen-bond donors (Lipinski definition) is 1. The quantitative estimate of drug-likeness (QED) is 0.767. The first-order valence-corrected chi connectivity index (χ1v) is 9.62. The Morgan fingerprint density at radius 3 is 2.52 bits per heavy atom. The summed E-state index contributed by atoms with van der Waals surface area (Å²) in [6.45, 7) is 6.40. The molecule has 0 heterocycles. The second kappa shape index (κ2) is 7.63. The van der Waals surface area contributed by atoms with Gasteiger partial charge in [0.05, 0.1) is 7.11 Å². The molecule has 0 aliphatic heterocycles. The van der Waals surface area contributed by atoms with Crippen LogP contribution in [0.4, 0.5) is 4.79 Å². The van der Waals surface area contributed by atoms with E-state index < -0.39 is 6.09 Å². The lowest BCUT2D eigenvalue weighted by Crippen LogP contribution is -2.33. The molecule has 0 aromatic heterocycles. The zero-order valence-corrected chi connectivity index (χ0v) is 16.7. The van der Waals surface area contributed by atoms with E-state index in [1.165, 1.54) is 11.1 Å². The van der Waals surface area contributed by atoms with Gasteiger partial charge in [0.15, 0.2) is 0 Å². The van der Waals surface area contributed by atoms with Crippen LogP contribution in [0.3, 0.4) is 0 Å². The van der Waals surface area contributed by atoms with Crippen LogP contribution in [0.2, 0.25) is 0 Å². The summed E-state index contributed by atoms with van der Waals surface area (Å²) in [5.74, 6) is 0.785. The molecule has 2 aromatic carbocycles. The highest BCUT2D eigenvalue weighted by Gasteiger charge is 2.39. The summed E-state index contributed by atoms with van der Waals surface area (Å²) in [6.07, 6.45) is 2.98. The average Bonchev–Trinajstić information content (AvgIpc) is 2.64. The molecule has 3 rings (SSSR count). The Bertz CT molecular complexity index is 824. The minimum absolute atomic E-state index is 0.170. The second-order valence-electron chi connectivity index (χ2n) is 8.00. The fourth-order valence-corrected chi connectivity index (χ4v) is 3.98. The number of benzene rings is 2. The van der Waals surface area contributed by atoms with Gasteiger partial charge in [0.25, 0.3) is 0 Å². The summed E-state index contributed by atoms with van der Waals surface area (Å²) in [5, 5.41) is 0. The van der Waals surface area contributed by atoms with E-state index in [4.69, 9.17) is 15.2 Å². The molecule has 1 unspecified atom stereocenters. The van der Waals surface area contributed by atoms with Crippen LogP contribution in [-0.2, 0) is 17.6 Å². The van der Waals surface area contributed by atoms with Gasteiger partial charge in [-0.1, -0.05) is 51.5 Å². The topological polar surface area (TPSA) is 61.6 Å². The number of amides is 1. The summed E-state index contributed by atoms with van der Waals surface area (Å²) in [7, 11) is 1.68. The maximum Gasteiger partial charge on any atom is 0.405 e. The first-order valence-electron chi connectivity index (χ1n) is 9.62. The van der Waals surface area contributed by atoms with Gasteiger partial charge in [-0.3, -0.25) is 0 Å². The Labute approximate surface area is 161 Å². The average molecular weight is 367 g/mol. The van der Waals surface area contributed by atoms with Crippen molar-refractivity contribution in [3.8, 4) is 16.9 Å². The van der Waals surface area contributed by atoms with Gasteiger partial charge >= 0.3 is 6.09 Å². The van der Waals surface area contributed by atoms with E-state index >= 15 is 0 Å². The van der Waals surface area contributed by atoms with E-state index in [0.717, 1.165) is 48.1 Å². The Hall–Kier alpha value is -2.49. The third kappa shape index (κ3) is 3.95. The van der Waals surface area contributed by atoms with Gasteiger partial charge in [0, 0.05) is 11.0 Å². The van der Waals surface area contributed by atoms with Crippen molar-refractivity contribution in [3.05, 3.63) is 53.1 Å². The zero-order valence-electron chi connectivity index (χ0n) is 16.7. The monoisotopic (exact) mass is 367 g/mol. The summed E-state index contributed by atoms with van der Waals surface area (Å²) in [4.78, 5) is 11.5. The Balaban J connectivity index is 2.05. The maximum absolute atomic E-state index is 11.5. The number of fused-ring (bicyclic) bond motifs is 1. The normalized spacial score (nSPS) is 17.9. The van der Waals surface area contributed by atoms with Crippen LogP contribution in [0.15, 0.2) is 36.4 Å². The zero-order chi connectivity index (χ0) is 19.6. The molecule has 0 fully saturated rings. The lowest BCUT2D eigenvalue weighted by atomic mass is 9.71. The predicted octanol–water partition coefficient (Wildman–Crippen LogP) is 5.42. The van der Waals surface area contributed by atoms with E-state index in [1.807, 2.05) is 6.07 Å². The lowest BCUT2D eigenvalue weighted by molar-refractivity contribution is 0.0146. The molecule has 1 amide bonds. The molecule has 0 saturated carbocycles. The molecule has 0 radical (unpaired) electrons. The van der Waals surface area contributed by atoms with Gasteiger partial charge < -0.3 is 15.2 Å². The molecule has 27 heavy (non-hydrogen) atoms. The first-order chi connectivity index (χ1) is 12.9. The van der Waals surface area contributed by atoms with Crippen molar-refractivity contribution in [2.45, 2.75) is 52.6 Å². The Morgan fingerprint density at radius 2 is 1.93 bits per heavy atom. The van der Waals surface area contributed by atoms with E-state index in [0.29, 0.717) is 0 Å². The highest BCUT2D eigenvalue weighted by molar-refractivity contribution is 5.73. The van der Waals surface area contributed by atoms with Crippen LogP contribution < -0.4 is 10.5 Å². The van der Waals surface area contributed by atoms with Gasteiger partial charge in [-0.15, -0.1) is 0 Å². The maximum atomic E-state index is 11.5. The number of primary amides is 1. The summed E-state index contributed by atoms with van der Waals surface area (Å²) < 4.78 is 11.2. The van der Waals surface area contributed by atoms with E-state index in [9.17, 15) is 4.79 Å². The smallest absolute Gasteiger partial charge is 0.405 e. The van der Waals surface area contributed by atoms with E-state index in [-0.39, 0.29) is 11.5 Å². The van der Waals surface area contributed by atoms with E-state index in [2.05, 4.69) is 51.1 Å². The first kappa shape index (κ1) is 19.3. The van der Waals surface area contributed by atoms with E-state index in [1.54, 1.807) is 7.11 Å². The molecule has 0 spiro atoms. The number of hydrogen-bond acceptors (Lipinski definition) is 3. The molecule has 2 aromatic rings. The molecule has 4 nitrogen and oxygen atoms in total. The predicted molar refractivity (Wildman–Crippen MR) is 108 cm³/mol. The molecule has 4 heteroatoms. The van der Waals surface area contributed by atoms with Crippen LogP contribution in [0.5, 0.6) is 5.75 Å². The molecule has 144 valence electrons. The molecular formula is C23H29NO3. The highest BCUT2D eigenvalue weighted by atomic mass is 16.6. The fourth-order valence-electron chi connectivity index (χ4n) is 3.98. The van der Waals surface area contributed by atoms with Gasteiger partial charge in [-0.2, -0.15) is 0 Å². The molecule has 1 aliphatic carbocycles. The number of methoxy groups -OCH3 is 1. The fraction of sp³-hybridized carbons (Fsp3) is 0.435. The summed E-state index contributed by atoms with van der Waals surface area (Å²) in [6, 6.07) is 12.9. The Kier molecular flexibility index (Phi) is 5.45. The minimum atomic E-state index is -0.740. The minimum Gasteiger partial charge on any atom is -0.496 e. The number of carbonyl (C=O) groups is 1. The van der Waals surface area contributed by atoms with Crippen molar-refractivity contribution in [1.29, 1.82) is 0 Å². The van der Waals surface area contributed by atoms with Gasteiger partial charge in [-0.25, -0.2) is 4.79 Å². The van der Waals surface area contributed by atoms with Crippen molar-refractivity contribution in [1.82, 2.24) is 0 Å². The molecule has 1 atom stereocenters. The molecule has 1 aliphatic rings. The molecule has 2 N–H and O–H groups in total. The van der Waals surface area contributed by atoms with Crippen molar-refractivity contribution < 1.29 is 14.3 Å². The van der Waals surface area contributed by atoms with Crippen molar-refractivity contribution in [2.24, 2.45) is 11.1 Å². The SMILES string of the molecule is CCCc1ccc(-c2cc3c(cc2OC)C(OC(N)=O)C(C)(C)CC3)cc1. The van der Waals surface area contributed by atoms with Crippen LogP contribution in [0, 0.1) is 5.41 Å². The molecule has 0 saturated heterocycles. The number of aryl methyl sites for hydroxylation is 2.